The second-order valence-electron chi connectivity index (χ2n) is 3.25. The van der Waals surface area contributed by atoms with Crippen molar-refractivity contribution in [2.75, 3.05) is 14.1 Å². The van der Waals surface area contributed by atoms with Gasteiger partial charge in [0.15, 0.2) is 0 Å². The SMILES string of the molecule is C/N=C/C1CCCC[C@@H]1NC. The lowest BCUT2D eigenvalue weighted by Gasteiger charge is -2.28. The lowest BCUT2D eigenvalue weighted by molar-refractivity contribution is 0.343. The fraction of sp³-hybridized carbons (Fsp3) is 0.889. The molecular weight excluding hydrogens is 136 g/mol. The van der Waals surface area contributed by atoms with Gasteiger partial charge in [0.1, 0.15) is 0 Å². The summed E-state index contributed by atoms with van der Waals surface area (Å²) in [5, 5.41) is 3.35. The fourth-order valence-corrected chi connectivity index (χ4v) is 1.89. The maximum Gasteiger partial charge on any atom is 0.0273 e. The van der Waals surface area contributed by atoms with Crippen LogP contribution in [0.25, 0.3) is 0 Å². The van der Waals surface area contributed by atoms with Crippen LogP contribution < -0.4 is 5.32 Å². The van der Waals surface area contributed by atoms with Crippen LogP contribution in [0.2, 0.25) is 0 Å². The van der Waals surface area contributed by atoms with Crippen molar-refractivity contribution in [1.82, 2.24) is 5.32 Å². The number of hydrogen-bond acceptors (Lipinski definition) is 2. The molecule has 1 saturated carbocycles. The first-order chi connectivity index (χ1) is 5.38. The molecule has 0 bridgehead atoms. The Kier molecular flexibility index (Phi) is 3.57. The highest BCUT2D eigenvalue weighted by Crippen LogP contribution is 2.22. The smallest absolute Gasteiger partial charge is 0.0273 e. The molecule has 0 radical (unpaired) electrons. The molecule has 1 aliphatic carbocycles. The van der Waals surface area contributed by atoms with Crippen molar-refractivity contribution in [1.29, 1.82) is 0 Å². The Labute approximate surface area is 69.1 Å². The summed E-state index contributed by atoms with van der Waals surface area (Å²) in [6.07, 6.45) is 7.46. The molecule has 0 aromatic rings. The molecule has 2 atom stereocenters. The molecule has 0 aromatic carbocycles. The van der Waals surface area contributed by atoms with Crippen molar-refractivity contribution >= 4 is 6.21 Å². The van der Waals surface area contributed by atoms with E-state index < -0.39 is 0 Å². The van der Waals surface area contributed by atoms with Crippen molar-refractivity contribution in [2.24, 2.45) is 10.9 Å². The van der Waals surface area contributed by atoms with Gasteiger partial charge in [0.05, 0.1) is 0 Å². The third-order valence-electron chi connectivity index (χ3n) is 2.53. The summed E-state index contributed by atoms with van der Waals surface area (Å²) < 4.78 is 0. The van der Waals surface area contributed by atoms with Gasteiger partial charge in [0.2, 0.25) is 0 Å². The van der Waals surface area contributed by atoms with Crippen molar-refractivity contribution in [2.45, 2.75) is 31.7 Å². The van der Waals surface area contributed by atoms with E-state index in [1.807, 2.05) is 14.1 Å². The molecule has 0 amide bonds. The summed E-state index contributed by atoms with van der Waals surface area (Å²) in [7, 11) is 3.91. The maximum atomic E-state index is 4.09. The Morgan fingerprint density at radius 1 is 1.36 bits per heavy atom. The Hall–Kier alpha value is -0.370. The molecule has 1 aliphatic rings. The minimum Gasteiger partial charge on any atom is -0.316 e. The monoisotopic (exact) mass is 154 g/mol. The van der Waals surface area contributed by atoms with Crippen LogP contribution in [0.3, 0.4) is 0 Å². The number of rotatable bonds is 2. The lowest BCUT2D eigenvalue weighted by Crippen LogP contribution is -2.36. The van der Waals surface area contributed by atoms with Crippen LogP contribution in [0.4, 0.5) is 0 Å². The lowest BCUT2D eigenvalue weighted by atomic mass is 9.85. The normalized spacial score (nSPS) is 32.9. The van der Waals surface area contributed by atoms with Crippen LogP contribution in [-0.2, 0) is 0 Å². The molecule has 1 N–H and O–H groups in total. The van der Waals surface area contributed by atoms with E-state index in [1.54, 1.807) is 0 Å². The van der Waals surface area contributed by atoms with Gasteiger partial charge in [-0.1, -0.05) is 12.8 Å². The third-order valence-corrected chi connectivity index (χ3v) is 2.53. The average molecular weight is 154 g/mol. The van der Waals surface area contributed by atoms with E-state index >= 15 is 0 Å². The van der Waals surface area contributed by atoms with E-state index in [0.717, 1.165) is 0 Å². The number of hydrogen-bond donors (Lipinski definition) is 1. The Balaban J connectivity index is 2.44. The van der Waals surface area contributed by atoms with Gasteiger partial charge in [-0.25, -0.2) is 0 Å². The highest BCUT2D eigenvalue weighted by Gasteiger charge is 2.21. The maximum absolute atomic E-state index is 4.09. The summed E-state index contributed by atoms with van der Waals surface area (Å²) in [6.45, 7) is 0. The predicted octanol–water partition coefficient (Wildman–Crippen LogP) is 1.47. The molecule has 0 saturated heterocycles. The number of nitrogens with one attached hydrogen (secondary N) is 1. The number of aliphatic imine (C=N–C) groups is 1. The van der Waals surface area contributed by atoms with E-state index in [1.165, 1.54) is 25.7 Å². The summed E-state index contributed by atoms with van der Waals surface area (Å²) in [5.74, 6) is 0.679. The zero-order valence-electron chi connectivity index (χ0n) is 7.51. The van der Waals surface area contributed by atoms with Crippen LogP contribution in [-0.4, -0.2) is 26.4 Å². The Bertz CT molecular complexity index is 132. The molecule has 0 spiro atoms. The second-order valence-corrected chi connectivity index (χ2v) is 3.25. The largest absolute Gasteiger partial charge is 0.316 e. The van der Waals surface area contributed by atoms with Crippen LogP contribution in [0.15, 0.2) is 4.99 Å². The van der Waals surface area contributed by atoms with Crippen molar-refractivity contribution in [3.8, 4) is 0 Å². The summed E-state index contributed by atoms with van der Waals surface area (Å²) >= 11 is 0. The first kappa shape index (κ1) is 8.72. The molecule has 0 aliphatic heterocycles. The number of nitrogens with zero attached hydrogens (tertiary/aromatic N) is 1. The molecule has 11 heavy (non-hydrogen) atoms. The Morgan fingerprint density at radius 2 is 2.09 bits per heavy atom. The standard InChI is InChI=1S/C9H18N2/c1-10-7-8-5-3-4-6-9(8)11-2/h7-9,11H,3-6H2,1-2H3/b10-7+/t8?,9-/m0/s1. The first-order valence-corrected chi connectivity index (χ1v) is 4.48. The molecule has 2 nitrogen and oxygen atoms in total. The van der Waals surface area contributed by atoms with Gasteiger partial charge >= 0.3 is 0 Å². The minimum absolute atomic E-state index is 0.674. The topological polar surface area (TPSA) is 24.4 Å². The fourth-order valence-electron chi connectivity index (χ4n) is 1.89. The average Bonchev–Trinajstić information content (AvgIpc) is 2.06. The molecule has 64 valence electrons. The first-order valence-electron chi connectivity index (χ1n) is 4.48. The molecular formula is C9H18N2. The minimum atomic E-state index is 0.674. The molecule has 1 rings (SSSR count). The highest BCUT2D eigenvalue weighted by atomic mass is 14.9. The summed E-state index contributed by atoms with van der Waals surface area (Å²) in [5.41, 5.74) is 0. The van der Waals surface area contributed by atoms with E-state index in [2.05, 4.69) is 16.5 Å². The van der Waals surface area contributed by atoms with Gasteiger partial charge in [-0.05, 0) is 19.9 Å². The molecule has 1 fully saturated rings. The zero-order valence-corrected chi connectivity index (χ0v) is 7.51. The van der Waals surface area contributed by atoms with Crippen molar-refractivity contribution in [3.05, 3.63) is 0 Å². The van der Waals surface area contributed by atoms with Crippen LogP contribution in [0.5, 0.6) is 0 Å². The van der Waals surface area contributed by atoms with Crippen LogP contribution in [0.1, 0.15) is 25.7 Å². The van der Waals surface area contributed by atoms with Gasteiger partial charge in [0, 0.05) is 25.2 Å². The summed E-state index contributed by atoms with van der Waals surface area (Å²) in [6, 6.07) is 0.674. The second kappa shape index (κ2) is 4.50. The van der Waals surface area contributed by atoms with Gasteiger partial charge in [-0.3, -0.25) is 0 Å². The van der Waals surface area contributed by atoms with E-state index in [9.17, 15) is 0 Å². The summed E-state index contributed by atoms with van der Waals surface area (Å²) in [4.78, 5) is 4.09. The van der Waals surface area contributed by atoms with Crippen LogP contribution in [0, 0.1) is 5.92 Å². The third kappa shape index (κ3) is 2.29. The zero-order chi connectivity index (χ0) is 8.10. The highest BCUT2D eigenvalue weighted by molar-refractivity contribution is 5.61. The van der Waals surface area contributed by atoms with E-state index in [0.29, 0.717) is 12.0 Å². The molecule has 1 unspecified atom stereocenters. The van der Waals surface area contributed by atoms with E-state index in [-0.39, 0.29) is 0 Å². The quantitative estimate of drug-likeness (QED) is 0.598. The van der Waals surface area contributed by atoms with Gasteiger partial charge < -0.3 is 10.3 Å². The van der Waals surface area contributed by atoms with Gasteiger partial charge in [0.25, 0.3) is 0 Å². The Morgan fingerprint density at radius 3 is 2.73 bits per heavy atom. The van der Waals surface area contributed by atoms with E-state index in [4.69, 9.17) is 0 Å². The van der Waals surface area contributed by atoms with Gasteiger partial charge in [-0.15, -0.1) is 0 Å². The molecule has 2 heteroatoms. The van der Waals surface area contributed by atoms with Gasteiger partial charge in [-0.2, -0.15) is 0 Å². The molecule has 0 aromatic heterocycles. The molecule has 0 heterocycles. The predicted molar refractivity (Wildman–Crippen MR) is 49.2 cm³/mol. The van der Waals surface area contributed by atoms with Crippen molar-refractivity contribution < 1.29 is 0 Å². The van der Waals surface area contributed by atoms with Crippen molar-refractivity contribution in [3.63, 3.8) is 0 Å². The van der Waals surface area contributed by atoms with Crippen LogP contribution >= 0.6 is 0 Å².